The van der Waals surface area contributed by atoms with Gasteiger partial charge < -0.3 is 10.3 Å². The van der Waals surface area contributed by atoms with E-state index in [1.807, 2.05) is 6.92 Å². The van der Waals surface area contributed by atoms with E-state index in [9.17, 15) is 0 Å². The Morgan fingerprint density at radius 1 is 1.32 bits per heavy atom. The normalized spacial score (nSPS) is 25.4. The lowest BCUT2D eigenvalue weighted by Gasteiger charge is -2.26. The third-order valence-electron chi connectivity index (χ3n) is 4.21. The topological polar surface area (TPSA) is 64.9 Å². The van der Waals surface area contributed by atoms with Gasteiger partial charge in [0.2, 0.25) is 5.89 Å². The Morgan fingerprint density at radius 3 is 2.68 bits per heavy atom. The molecule has 4 heteroatoms. The van der Waals surface area contributed by atoms with Crippen molar-refractivity contribution in [3.63, 3.8) is 0 Å². The number of aryl methyl sites for hydroxylation is 1. The van der Waals surface area contributed by atoms with Crippen LogP contribution < -0.4 is 5.73 Å². The second-order valence-electron chi connectivity index (χ2n) is 6.07. The highest BCUT2D eigenvalue weighted by Crippen LogP contribution is 2.36. The average molecular weight is 265 g/mol. The Morgan fingerprint density at radius 2 is 2.05 bits per heavy atom. The first kappa shape index (κ1) is 14.5. The van der Waals surface area contributed by atoms with Crippen LogP contribution in [0.15, 0.2) is 4.52 Å². The number of nitrogens with two attached hydrogens (primary N) is 1. The van der Waals surface area contributed by atoms with Crippen LogP contribution in [0, 0.1) is 5.92 Å². The van der Waals surface area contributed by atoms with Crippen molar-refractivity contribution in [1.29, 1.82) is 0 Å². The fourth-order valence-corrected chi connectivity index (χ4v) is 3.00. The van der Waals surface area contributed by atoms with Crippen LogP contribution in [-0.2, 0) is 6.42 Å². The van der Waals surface area contributed by atoms with Crippen LogP contribution in [0.4, 0.5) is 0 Å². The minimum absolute atomic E-state index is 0.194. The van der Waals surface area contributed by atoms with Gasteiger partial charge in [-0.25, -0.2) is 0 Å². The van der Waals surface area contributed by atoms with Gasteiger partial charge in [-0.2, -0.15) is 4.98 Å². The number of nitrogens with zero attached hydrogens (tertiary/aromatic N) is 2. The molecule has 1 aromatic rings. The molecule has 2 rings (SSSR count). The van der Waals surface area contributed by atoms with Crippen molar-refractivity contribution >= 4 is 0 Å². The zero-order valence-corrected chi connectivity index (χ0v) is 12.3. The minimum Gasteiger partial charge on any atom is -0.339 e. The lowest BCUT2D eigenvalue weighted by molar-refractivity contribution is 0.294. The van der Waals surface area contributed by atoms with Gasteiger partial charge in [-0.05, 0) is 44.9 Å². The van der Waals surface area contributed by atoms with Crippen LogP contribution in [0.25, 0.3) is 0 Å². The fourth-order valence-electron chi connectivity index (χ4n) is 3.00. The van der Waals surface area contributed by atoms with Crippen molar-refractivity contribution in [1.82, 2.24) is 10.1 Å². The molecule has 0 bridgehead atoms. The van der Waals surface area contributed by atoms with Crippen molar-refractivity contribution in [3.8, 4) is 0 Å². The summed E-state index contributed by atoms with van der Waals surface area (Å²) in [4.78, 5) is 4.54. The van der Waals surface area contributed by atoms with Gasteiger partial charge in [0, 0.05) is 18.4 Å². The first-order chi connectivity index (χ1) is 9.19. The van der Waals surface area contributed by atoms with Crippen LogP contribution in [0.2, 0.25) is 0 Å². The molecule has 0 aromatic carbocycles. The molecule has 1 saturated carbocycles. The summed E-state index contributed by atoms with van der Waals surface area (Å²) in [5.41, 5.74) is 5.74. The van der Waals surface area contributed by atoms with Crippen molar-refractivity contribution in [2.45, 2.75) is 77.2 Å². The Labute approximate surface area is 116 Å². The Bertz CT molecular complexity index is 367. The molecule has 1 atom stereocenters. The van der Waals surface area contributed by atoms with Gasteiger partial charge in [-0.3, -0.25) is 0 Å². The summed E-state index contributed by atoms with van der Waals surface area (Å²) in [6.45, 7) is 4.28. The summed E-state index contributed by atoms with van der Waals surface area (Å²) in [5.74, 6) is 3.12. The van der Waals surface area contributed by atoms with E-state index < -0.39 is 0 Å². The molecule has 19 heavy (non-hydrogen) atoms. The van der Waals surface area contributed by atoms with E-state index in [0.29, 0.717) is 5.92 Å². The lowest BCUT2D eigenvalue weighted by Crippen LogP contribution is -2.15. The monoisotopic (exact) mass is 265 g/mol. The highest BCUT2D eigenvalue weighted by molar-refractivity contribution is 4.98. The van der Waals surface area contributed by atoms with Gasteiger partial charge in [0.05, 0.1) is 0 Å². The highest BCUT2D eigenvalue weighted by Gasteiger charge is 2.25. The summed E-state index contributed by atoms with van der Waals surface area (Å²) in [6, 6.07) is 0.194. The molecular weight excluding hydrogens is 238 g/mol. The summed E-state index contributed by atoms with van der Waals surface area (Å²) in [5, 5.41) is 4.16. The maximum absolute atomic E-state index is 5.74. The van der Waals surface area contributed by atoms with Crippen LogP contribution >= 0.6 is 0 Å². The molecule has 1 aliphatic carbocycles. The van der Waals surface area contributed by atoms with Crippen molar-refractivity contribution in [2.75, 3.05) is 0 Å². The Kier molecular flexibility index (Phi) is 5.37. The van der Waals surface area contributed by atoms with Gasteiger partial charge in [0.15, 0.2) is 5.82 Å². The Balaban J connectivity index is 1.82. The van der Waals surface area contributed by atoms with E-state index in [0.717, 1.165) is 30.5 Å². The predicted octanol–water partition coefficient (Wildman–Crippen LogP) is 3.42. The average Bonchev–Trinajstić information content (AvgIpc) is 2.86. The number of hydrogen-bond acceptors (Lipinski definition) is 4. The highest BCUT2D eigenvalue weighted by atomic mass is 16.5. The molecule has 0 amide bonds. The second-order valence-corrected chi connectivity index (χ2v) is 6.07. The molecule has 108 valence electrons. The van der Waals surface area contributed by atoms with E-state index in [1.165, 1.54) is 38.5 Å². The summed E-state index contributed by atoms with van der Waals surface area (Å²) in [7, 11) is 0. The molecule has 0 aliphatic heterocycles. The quantitative estimate of drug-likeness (QED) is 0.856. The van der Waals surface area contributed by atoms with Gasteiger partial charge in [0.1, 0.15) is 0 Å². The molecule has 0 saturated heterocycles. The standard InChI is InChI=1S/C15H27N3O/c1-3-4-12-6-8-13(9-7-12)15-17-14(19-18-15)10-5-11(2)16/h11-13H,3-10,16H2,1-2H3. The zero-order valence-electron chi connectivity index (χ0n) is 12.3. The molecule has 1 unspecified atom stereocenters. The third kappa shape index (κ3) is 4.30. The van der Waals surface area contributed by atoms with Gasteiger partial charge in [-0.1, -0.05) is 24.9 Å². The molecule has 0 radical (unpaired) electrons. The van der Waals surface area contributed by atoms with Gasteiger partial charge >= 0.3 is 0 Å². The maximum Gasteiger partial charge on any atom is 0.226 e. The van der Waals surface area contributed by atoms with E-state index in [1.54, 1.807) is 0 Å². The maximum atomic E-state index is 5.74. The number of aromatic nitrogens is 2. The molecular formula is C15H27N3O. The van der Waals surface area contributed by atoms with Gasteiger partial charge in [0.25, 0.3) is 0 Å². The third-order valence-corrected chi connectivity index (χ3v) is 4.21. The van der Waals surface area contributed by atoms with Crippen molar-refractivity contribution in [3.05, 3.63) is 11.7 Å². The molecule has 4 nitrogen and oxygen atoms in total. The first-order valence-corrected chi connectivity index (χ1v) is 7.77. The molecule has 1 aliphatic rings. The summed E-state index contributed by atoms with van der Waals surface area (Å²) >= 11 is 0. The van der Waals surface area contributed by atoms with Crippen LogP contribution in [0.5, 0.6) is 0 Å². The minimum atomic E-state index is 0.194. The van der Waals surface area contributed by atoms with E-state index in [-0.39, 0.29) is 6.04 Å². The van der Waals surface area contributed by atoms with Crippen LogP contribution in [0.3, 0.4) is 0 Å². The molecule has 1 heterocycles. The SMILES string of the molecule is CCCC1CCC(c2noc(CCC(C)N)n2)CC1. The van der Waals surface area contributed by atoms with E-state index in [4.69, 9.17) is 10.3 Å². The van der Waals surface area contributed by atoms with E-state index in [2.05, 4.69) is 17.1 Å². The Hall–Kier alpha value is -0.900. The van der Waals surface area contributed by atoms with E-state index >= 15 is 0 Å². The molecule has 1 aromatic heterocycles. The van der Waals surface area contributed by atoms with Crippen molar-refractivity contribution in [2.24, 2.45) is 11.7 Å². The number of rotatable bonds is 6. The summed E-state index contributed by atoms with van der Waals surface area (Å²) in [6.07, 6.45) is 9.47. The molecule has 1 fully saturated rings. The van der Waals surface area contributed by atoms with Crippen LogP contribution in [-0.4, -0.2) is 16.2 Å². The number of hydrogen-bond donors (Lipinski definition) is 1. The van der Waals surface area contributed by atoms with Gasteiger partial charge in [-0.15, -0.1) is 0 Å². The molecule has 0 spiro atoms. The van der Waals surface area contributed by atoms with Crippen molar-refractivity contribution < 1.29 is 4.52 Å². The smallest absolute Gasteiger partial charge is 0.226 e. The second kappa shape index (κ2) is 7.04. The molecule has 2 N–H and O–H groups in total. The first-order valence-electron chi connectivity index (χ1n) is 7.77. The largest absolute Gasteiger partial charge is 0.339 e. The lowest BCUT2D eigenvalue weighted by atomic mass is 9.80. The zero-order chi connectivity index (χ0) is 13.7. The fraction of sp³-hybridized carbons (Fsp3) is 0.867. The summed E-state index contributed by atoms with van der Waals surface area (Å²) < 4.78 is 5.33. The predicted molar refractivity (Wildman–Crippen MR) is 75.9 cm³/mol. The van der Waals surface area contributed by atoms with Crippen LogP contribution in [0.1, 0.15) is 76.4 Å².